The van der Waals surface area contributed by atoms with Crippen molar-refractivity contribution in [2.24, 2.45) is 0 Å². The van der Waals surface area contributed by atoms with Crippen LogP contribution in [-0.4, -0.2) is 25.4 Å². The number of nitrogens with two attached hydrogens (primary N) is 1. The van der Waals surface area contributed by atoms with Crippen LogP contribution in [0, 0.1) is 0 Å². The Morgan fingerprint density at radius 2 is 1.93 bits per heavy atom. The van der Waals surface area contributed by atoms with E-state index < -0.39 is 0 Å². The predicted octanol–water partition coefficient (Wildman–Crippen LogP) is 4.68. The van der Waals surface area contributed by atoms with Crippen molar-refractivity contribution in [3.05, 3.63) is 75.2 Å². The quantitative estimate of drug-likeness (QED) is 0.414. The fraction of sp³-hybridized carbons (Fsp3) is 0.100. The normalized spacial score (nSPS) is 12.6. The number of anilines is 1. The number of nitrogens with zero attached hydrogens (tertiary/aromatic N) is 4. The maximum atomic E-state index is 6.07. The number of aromatic amines is 1. The second-order valence-corrected chi connectivity index (χ2v) is 8.56. The number of hydrogen-bond donors (Lipinski definition) is 2. The molecule has 0 bridgehead atoms. The van der Waals surface area contributed by atoms with Gasteiger partial charge in [0.2, 0.25) is 0 Å². The van der Waals surface area contributed by atoms with Crippen molar-refractivity contribution in [3.63, 3.8) is 0 Å². The molecule has 1 atom stereocenters. The van der Waals surface area contributed by atoms with Gasteiger partial charge in [0.25, 0.3) is 0 Å². The van der Waals surface area contributed by atoms with Gasteiger partial charge >= 0.3 is 0 Å². The zero-order valence-corrected chi connectivity index (χ0v) is 17.0. The first-order valence-electron chi connectivity index (χ1n) is 8.74. The molecular formula is C20H15BrN6S. The summed E-state index contributed by atoms with van der Waals surface area (Å²) in [4.78, 5) is 9.14. The first-order valence-corrected chi connectivity index (χ1v) is 10.4. The summed E-state index contributed by atoms with van der Waals surface area (Å²) < 4.78 is 2.22. The molecule has 5 aromatic rings. The lowest BCUT2D eigenvalue weighted by Crippen LogP contribution is -2.07. The fourth-order valence-electron chi connectivity index (χ4n) is 3.45. The highest BCUT2D eigenvalue weighted by molar-refractivity contribution is 9.10. The standard InChI is InChI=1S/C20H15BrN6S/c21-12-6-7-15-16(8-12)28-18(23-15)10-13(11-4-2-1-3-5-11)14-9-17(22)24-20-19(14)25-27-26-20/h1-9,13H,10H2,(H3,22,24,25,26,27)/t13-/m1/s1. The zero-order chi connectivity index (χ0) is 19.1. The Morgan fingerprint density at radius 3 is 2.79 bits per heavy atom. The summed E-state index contributed by atoms with van der Waals surface area (Å²) in [5, 5.41) is 12.1. The molecule has 0 aliphatic rings. The van der Waals surface area contributed by atoms with Crippen molar-refractivity contribution in [1.29, 1.82) is 0 Å². The molecule has 0 spiro atoms. The van der Waals surface area contributed by atoms with Gasteiger partial charge in [-0.25, -0.2) is 15.1 Å². The number of nitrogen functional groups attached to an aromatic ring is 1. The van der Waals surface area contributed by atoms with Gasteiger partial charge in [-0.15, -0.1) is 16.4 Å². The van der Waals surface area contributed by atoms with Gasteiger partial charge in [0.05, 0.1) is 15.2 Å². The molecule has 0 saturated carbocycles. The molecule has 3 aromatic heterocycles. The van der Waals surface area contributed by atoms with E-state index in [2.05, 4.69) is 54.5 Å². The van der Waals surface area contributed by atoms with Gasteiger partial charge in [0.15, 0.2) is 5.65 Å². The monoisotopic (exact) mass is 450 g/mol. The van der Waals surface area contributed by atoms with E-state index in [4.69, 9.17) is 10.7 Å². The molecule has 0 fully saturated rings. The van der Waals surface area contributed by atoms with Gasteiger partial charge < -0.3 is 5.73 Å². The van der Waals surface area contributed by atoms with E-state index in [1.54, 1.807) is 11.3 Å². The lowest BCUT2D eigenvalue weighted by molar-refractivity contribution is 0.803. The molecular weight excluding hydrogens is 436 g/mol. The molecule has 0 aliphatic heterocycles. The van der Waals surface area contributed by atoms with E-state index in [9.17, 15) is 0 Å². The molecule has 0 amide bonds. The average Bonchev–Trinajstić information content (AvgIpc) is 3.32. The lowest BCUT2D eigenvalue weighted by Gasteiger charge is -2.17. The summed E-state index contributed by atoms with van der Waals surface area (Å²) in [6, 6.07) is 18.4. The highest BCUT2D eigenvalue weighted by atomic mass is 79.9. The number of benzene rings is 2. The zero-order valence-electron chi connectivity index (χ0n) is 14.6. The van der Waals surface area contributed by atoms with E-state index in [0.29, 0.717) is 11.5 Å². The number of thiazole rings is 1. The topological polar surface area (TPSA) is 93.4 Å². The van der Waals surface area contributed by atoms with Crippen LogP contribution in [0.4, 0.5) is 5.82 Å². The molecule has 0 saturated heterocycles. The van der Waals surface area contributed by atoms with Gasteiger partial charge in [-0.05, 0) is 35.4 Å². The summed E-state index contributed by atoms with van der Waals surface area (Å²) in [6.07, 6.45) is 0.742. The van der Waals surface area contributed by atoms with Crippen LogP contribution >= 0.6 is 27.3 Å². The summed E-state index contributed by atoms with van der Waals surface area (Å²) >= 11 is 5.24. The third-order valence-corrected chi connectivity index (χ3v) is 6.23. The van der Waals surface area contributed by atoms with Crippen LogP contribution in [0.15, 0.2) is 59.1 Å². The largest absolute Gasteiger partial charge is 0.384 e. The molecule has 0 unspecified atom stereocenters. The van der Waals surface area contributed by atoms with Crippen molar-refractivity contribution < 1.29 is 0 Å². The Balaban J connectivity index is 1.65. The SMILES string of the molecule is Nc1cc([C@H](Cc2nc3ccc(Br)cc3s2)c2ccccc2)c2nn[nH]c2n1. The third kappa shape index (κ3) is 3.14. The maximum absolute atomic E-state index is 6.07. The van der Waals surface area contributed by atoms with Crippen molar-refractivity contribution in [2.75, 3.05) is 5.73 Å². The number of aromatic nitrogens is 5. The minimum atomic E-state index is 0.0445. The maximum Gasteiger partial charge on any atom is 0.178 e. The minimum Gasteiger partial charge on any atom is -0.384 e. The van der Waals surface area contributed by atoms with Crippen LogP contribution < -0.4 is 5.73 Å². The van der Waals surface area contributed by atoms with Crippen molar-refractivity contribution in [1.82, 2.24) is 25.4 Å². The molecule has 6 nitrogen and oxygen atoms in total. The van der Waals surface area contributed by atoms with Crippen molar-refractivity contribution in [2.45, 2.75) is 12.3 Å². The fourth-order valence-corrected chi connectivity index (χ4v) is 5.02. The molecule has 28 heavy (non-hydrogen) atoms. The van der Waals surface area contributed by atoms with E-state index >= 15 is 0 Å². The van der Waals surface area contributed by atoms with Crippen LogP contribution in [0.5, 0.6) is 0 Å². The molecule has 2 aromatic carbocycles. The Labute approximate surface area is 173 Å². The van der Waals surface area contributed by atoms with Crippen LogP contribution in [0.3, 0.4) is 0 Å². The molecule has 3 heterocycles. The number of H-pyrrole nitrogens is 1. The summed E-state index contributed by atoms with van der Waals surface area (Å²) in [6.45, 7) is 0. The van der Waals surface area contributed by atoms with Crippen LogP contribution in [0.25, 0.3) is 21.4 Å². The molecule has 8 heteroatoms. The smallest absolute Gasteiger partial charge is 0.178 e. The van der Waals surface area contributed by atoms with Gasteiger partial charge in [-0.2, -0.15) is 0 Å². The molecule has 138 valence electrons. The van der Waals surface area contributed by atoms with E-state index in [-0.39, 0.29) is 5.92 Å². The Morgan fingerprint density at radius 1 is 1.07 bits per heavy atom. The van der Waals surface area contributed by atoms with E-state index in [0.717, 1.165) is 37.2 Å². The number of hydrogen-bond acceptors (Lipinski definition) is 6. The molecule has 0 aliphatic carbocycles. The van der Waals surface area contributed by atoms with E-state index in [1.807, 2.05) is 36.4 Å². The number of halogens is 1. The second kappa shape index (κ2) is 6.96. The molecule has 3 N–H and O–H groups in total. The van der Waals surface area contributed by atoms with E-state index in [1.165, 1.54) is 5.56 Å². The summed E-state index contributed by atoms with van der Waals surface area (Å²) in [7, 11) is 0. The number of rotatable bonds is 4. The number of nitrogens with one attached hydrogen (secondary N) is 1. The predicted molar refractivity (Wildman–Crippen MR) is 115 cm³/mol. The number of pyridine rings is 1. The van der Waals surface area contributed by atoms with Gasteiger partial charge in [0.1, 0.15) is 11.3 Å². The highest BCUT2D eigenvalue weighted by Crippen LogP contribution is 2.35. The van der Waals surface area contributed by atoms with Gasteiger partial charge in [-0.3, -0.25) is 0 Å². The first-order chi connectivity index (χ1) is 13.7. The third-order valence-electron chi connectivity index (χ3n) is 4.70. The summed E-state index contributed by atoms with van der Waals surface area (Å²) in [5.74, 6) is 0.491. The summed E-state index contributed by atoms with van der Waals surface area (Å²) in [5.41, 5.74) is 10.6. The van der Waals surface area contributed by atoms with Crippen LogP contribution in [-0.2, 0) is 6.42 Å². The first kappa shape index (κ1) is 17.3. The molecule has 0 radical (unpaired) electrons. The van der Waals surface area contributed by atoms with Gasteiger partial charge in [0, 0.05) is 16.8 Å². The van der Waals surface area contributed by atoms with Crippen LogP contribution in [0.2, 0.25) is 0 Å². The number of fused-ring (bicyclic) bond motifs is 2. The lowest BCUT2D eigenvalue weighted by atomic mass is 9.88. The minimum absolute atomic E-state index is 0.0445. The average molecular weight is 451 g/mol. The Bertz CT molecular complexity index is 1280. The highest BCUT2D eigenvalue weighted by Gasteiger charge is 2.22. The van der Waals surface area contributed by atoms with Gasteiger partial charge in [-0.1, -0.05) is 51.5 Å². The molecule has 5 rings (SSSR count). The Hall–Kier alpha value is -2.84. The Kier molecular flexibility index (Phi) is 4.29. The van der Waals surface area contributed by atoms with Crippen LogP contribution in [0.1, 0.15) is 22.1 Å². The second-order valence-electron chi connectivity index (χ2n) is 6.53. The van der Waals surface area contributed by atoms with Crippen molar-refractivity contribution >= 4 is 54.5 Å². The van der Waals surface area contributed by atoms with Crippen molar-refractivity contribution in [3.8, 4) is 0 Å².